The Labute approximate surface area is 133 Å². The van der Waals surface area contributed by atoms with Gasteiger partial charge in [-0.3, -0.25) is 10.1 Å². The molecule has 23 heavy (non-hydrogen) atoms. The highest BCUT2D eigenvalue weighted by Crippen LogP contribution is 2.30. The van der Waals surface area contributed by atoms with Crippen LogP contribution in [0.3, 0.4) is 0 Å². The predicted molar refractivity (Wildman–Crippen MR) is 85.9 cm³/mol. The summed E-state index contributed by atoms with van der Waals surface area (Å²) in [6.07, 6.45) is 3.29. The predicted octanol–water partition coefficient (Wildman–Crippen LogP) is 1.94. The van der Waals surface area contributed by atoms with Gasteiger partial charge in [-0.1, -0.05) is 12.1 Å². The molecule has 1 saturated heterocycles. The van der Waals surface area contributed by atoms with Gasteiger partial charge in [0, 0.05) is 25.5 Å². The number of nitro groups is 1. The van der Waals surface area contributed by atoms with Gasteiger partial charge in [0.1, 0.15) is 5.75 Å². The third-order valence-corrected chi connectivity index (χ3v) is 3.76. The molecule has 2 heterocycles. The summed E-state index contributed by atoms with van der Waals surface area (Å²) in [6.45, 7) is 2.66. The molecule has 1 fully saturated rings. The van der Waals surface area contributed by atoms with Crippen molar-refractivity contribution < 1.29 is 14.4 Å². The Morgan fingerprint density at radius 1 is 1.30 bits per heavy atom. The molecule has 3 rings (SSSR count). The highest BCUT2D eigenvalue weighted by atomic mass is 16.6. The first-order valence-corrected chi connectivity index (χ1v) is 7.30. The summed E-state index contributed by atoms with van der Waals surface area (Å²) in [5.41, 5.74) is 1.66. The zero-order chi connectivity index (χ0) is 16.2. The molecule has 0 bridgehead atoms. The first-order chi connectivity index (χ1) is 11.2. The van der Waals surface area contributed by atoms with Crippen molar-refractivity contribution in [1.82, 2.24) is 4.90 Å². The molecule has 0 saturated carbocycles. The largest absolute Gasteiger partial charge is 0.497 e. The minimum absolute atomic E-state index is 0.0293. The van der Waals surface area contributed by atoms with E-state index in [0.29, 0.717) is 43.3 Å². The summed E-state index contributed by atoms with van der Waals surface area (Å²) in [5, 5.41) is 11.5. The van der Waals surface area contributed by atoms with Gasteiger partial charge in [-0.2, -0.15) is 0 Å². The Balaban J connectivity index is 1.94. The molecule has 0 unspecified atom stereocenters. The Hall–Kier alpha value is -2.67. The summed E-state index contributed by atoms with van der Waals surface area (Å²) < 4.78 is 10.4. The molecule has 7 nitrogen and oxygen atoms in total. The molecule has 0 aliphatic carbocycles. The number of hydrogen-bond acceptors (Lipinski definition) is 6. The number of rotatable bonds is 4. The molecule has 0 aromatic heterocycles. The first-order valence-electron chi connectivity index (χ1n) is 7.30. The second kappa shape index (κ2) is 6.62. The molecular weight excluding hydrogens is 298 g/mol. The van der Waals surface area contributed by atoms with E-state index < -0.39 is 0 Å². The Kier molecular flexibility index (Phi) is 4.38. The molecule has 0 radical (unpaired) electrons. The lowest BCUT2D eigenvalue weighted by Gasteiger charge is -2.25. The summed E-state index contributed by atoms with van der Waals surface area (Å²) in [5.74, 6) is 0.705. The number of hydrogen-bond donors (Lipinski definition) is 0. The molecule has 7 heteroatoms. The van der Waals surface area contributed by atoms with Crippen molar-refractivity contribution in [3.8, 4) is 5.75 Å². The molecule has 1 aromatic carbocycles. The minimum atomic E-state index is -0.376. The quantitative estimate of drug-likeness (QED) is 0.627. The van der Waals surface area contributed by atoms with Crippen LogP contribution >= 0.6 is 0 Å². The van der Waals surface area contributed by atoms with Crippen LogP contribution < -0.4 is 4.74 Å². The number of allylic oxidation sites excluding steroid dienone is 1. The van der Waals surface area contributed by atoms with Gasteiger partial charge >= 0.3 is 5.70 Å². The van der Waals surface area contributed by atoms with Gasteiger partial charge in [0.05, 0.1) is 30.8 Å². The van der Waals surface area contributed by atoms with E-state index in [1.54, 1.807) is 43.8 Å². The van der Waals surface area contributed by atoms with Crippen LogP contribution in [0, 0.1) is 10.1 Å². The fourth-order valence-corrected chi connectivity index (χ4v) is 2.54. The third kappa shape index (κ3) is 3.24. The molecule has 120 valence electrons. The molecule has 1 aromatic rings. The van der Waals surface area contributed by atoms with Gasteiger partial charge in [0.25, 0.3) is 0 Å². The fourth-order valence-electron chi connectivity index (χ4n) is 2.54. The highest BCUT2D eigenvalue weighted by molar-refractivity contribution is 6.14. The SMILES string of the molecule is COc1ccc(C2=C([N+](=O)[O-])/C(=C/N3CCOCC3)N=C2)cc1. The van der Waals surface area contributed by atoms with Crippen LogP contribution in [0.15, 0.2) is 46.9 Å². The standard InChI is InChI=1S/C16H17N3O4/c1-22-13-4-2-12(3-5-13)14-10-17-15(16(14)19(20)21)11-18-6-8-23-9-7-18/h2-5,10-11H,6-9H2,1H3/b15-11-. The van der Waals surface area contributed by atoms with E-state index in [9.17, 15) is 10.1 Å². The maximum atomic E-state index is 11.5. The summed E-state index contributed by atoms with van der Waals surface area (Å²) in [6, 6.07) is 7.14. The minimum Gasteiger partial charge on any atom is -0.497 e. The van der Waals surface area contributed by atoms with Crippen molar-refractivity contribution >= 4 is 11.8 Å². The van der Waals surface area contributed by atoms with Gasteiger partial charge in [0.2, 0.25) is 0 Å². The molecule has 2 aliphatic rings. The van der Waals surface area contributed by atoms with E-state index in [2.05, 4.69) is 4.99 Å². The number of methoxy groups -OCH3 is 1. The fraction of sp³-hybridized carbons (Fsp3) is 0.312. The monoisotopic (exact) mass is 315 g/mol. The van der Waals surface area contributed by atoms with Crippen LogP contribution in [-0.4, -0.2) is 49.5 Å². The topological polar surface area (TPSA) is 77.2 Å². The molecule has 0 spiro atoms. The van der Waals surface area contributed by atoms with E-state index in [4.69, 9.17) is 9.47 Å². The summed E-state index contributed by atoms with van der Waals surface area (Å²) in [4.78, 5) is 17.4. The zero-order valence-corrected chi connectivity index (χ0v) is 12.8. The second-order valence-corrected chi connectivity index (χ2v) is 5.17. The lowest BCUT2D eigenvalue weighted by molar-refractivity contribution is -0.419. The van der Waals surface area contributed by atoms with Crippen molar-refractivity contribution in [1.29, 1.82) is 0 Å². The average Bonchev–Trinajstić information content (AvgIpc) is 2.99. The van der Waals surface area contributed by atoms with Crippen LogP contribution in [0.25, 0.3) is 5.57 Å². The van der Waals surface area contributed by atoms with E-state index in [1.807, 2.05) is 4.90 Å². The lowest BCUT2D eigenvalue weighted by Crippen LogP contribution is -2.32. The van der Waals surface area contributed by atoms with Crippen LogP contribution in [-0.2, 0) is 4.74 Å². The number of nitrogens with zero attached hydrogens (tertiary/aromatic N) is 3. The molecule has 0 atom stereocenters. The van der Waals surface area contributed by atoms with Crippen LogP contribution in [0.5, 0.6) is 5.75 Å². The van der Waals surface area contributed by atoms with Crippen LogP contribution in [0.4, 0.5) is 0 Å². The lowest BCUT2D eigenvalue weighted by atomic mass is 10.1. The van der Waals surface area contributed by atoms with E-state index in [-0.39, 0.29) is 10.6 Å². The molecule has 0 amide bonds. The zero-order valence-electron chi connectivity index (χ0n) is 12.8. The maximum Gasteiger partial charge on any atom is 0.305 e. The van der Waals surface area contributed by atoms with Crippen molar-refractivity contribution in [3.05, 3.63) is 57.5 Å². The van der Waals surface area contributed by atoms with E-state index in [1.165, 1.54) is 0 Å². The summed E-state index contributed by atoms with van der Waals surface area (Å²) in [7, 11) is 1.58. The number of benzene rings is 1. The van der Waals surface area contributed by atoms with Crippen molar-refractivity contribution in [2.75, 3.05) is 33.4 Å². The first kappa shape index (κ1) is 15.2. The van der Waals surface area contributed by atoms with E-state index >= 15 is 0 Å². The Morgan fingerprint density at radius 2 is 2.00 bits per heavy atom. The van der Waals surface area contributed by atoms with Gasteiger partial charge in [0.15, 0.2) is 5.70 Å². The highest BCUT2D eigenvalue weighted by Gasteiger charge is 2.29. The summed E-state index contributed by atoms with van der Waals surface area (Å²) >= 11 is 0. The van der Waals surface area contributed by atoms with Crippen molar-refractivity contribution in [3.63, 3.8) is 0 Å². The molecule has 2 aliphatic heterocycles. The number of aliphatic imine (C=N–C) groups is 1. The van der Waals surface area contributed by atoms with Crippen LogP contribution in [0.2, 0.25) is 0 Å². The average molecular weight is 315 g/mol. The van der Waals surface area contributed by atoms with E-state index in [0.717, 1.165) is 5.56 Å². The van der Waals surface area contributed by atoms with Gasteiger partial charge < -0.3 is 14.4 Å². The Morgan fingerprint density at radius 3 is 2.61 bits per heavy atom. The van der Waals surface area contributed by atoms with Crippen molar-refractivity contribution in [2.24, 2.45) is 4.99 Å². The van der Waals surface area contributed by atoms with Gasteiger partial charge in [-0.05, 0) is 17.7 Å². The number of morpholine rings is 1. The van der Waals surface area contributed by atoms with Crippen LogP contribution in [0.1, 0.15) is 5.56 Å². The third-order valence-electron chi connectivity index (χ3n) is 3.76. The number of ether oxygens (including phenoxy) is 2. The molecular formula is C16H17N3O4. The second-order valence-electron chi connectivity index (χ2n) is 5.17. The normalized spacial score (nSPS) is 19.5. The molecule has 0 N–H and O–H groups in total. The Bertz CT molecular complexity index is 686. The smallest absolute Gasteiger partial charge is 0.305 e. The van der Waals surface area contributed by atoms with Crippen molar-refractivity contribution in [2.45, 2.75) is 0 Å². The maximum absolute atomic E-state index is 11.5. The van der Waals surface area contributed by atoms with Gasteiger partial charge in [-0.15, -0.1) is 0 Å². The van der Waals surface area contributed by atoms with Gasteiger partial charge in [-0.25, -0.2) is 4.99 Å².